The van der Waals surface area contributed by atoms with Crippen LogP contribution in [0.5, 0.6) is 5.75 Å². The van der Waals surface area contributed by atoms with Crippen molar-refractivity contribution in [3.63, 3.8) is 0 Å². The maximum Gasteiger partial charge on any atom is 0.119 e. The molecule has 2 atom stereocenters. The van der Waals surface area contributed by atoms with Crippen LogP contribution in [-0.2, 0) is 11.3 Å². The highest BCUT2D eigenvalue weighted by Gasteiger charge is 2.16. The third kappa shape index (κ3) is 5.32. The number of nitrogens with one attached hydrogen (secondary N) is 1. The molecule has 0 spiro atoms. The molecule has 1 saturated heterocycles. The van der Waals surface area contributed by atoms with Gasteiger partial charge in [-0.05, 0) is 49.4 Å². The quantitative estimate of drug-likeness (QED) is 0.750. The van der Waals surface area contributed by atoms with Gasteiger partial charge in [0.2, 0.25) is 0 Å². The second kappa shape index (κ2) is 9.02. The largest absolute Gasteiger partial charge is 0.491 e. The molecule has 1 aliphatic rings. The molecule has 2 aromatic carbocycles. The van der Waals surface area contributed by atoms with Gasteiger partial charge in [0.05, 0.1) is 6.10 Å². The van der Waals surface area contributed by atoms with Crippen LogP contribution in [0.2, 0.25) is 0 Å². The van der Waals surface area contributed by atoms with E-state index in [2.05, 4.69) is 67.7 Å². The molecule has 0 bridgehead atoms. The Morgan fingerprint density at radius 2 is 1.88 bits per heavy atom. The first-order valence-corrected chi connectivity index (χ1v) is 9.38. The van der Waals surface area contributed by atoms with Crippen LogP contribution >= 0.6 is 0 Å². The van der Waals surface area contributed by atoms with E-state index in [1.807, 2.05) is 0 Å². The molecule has 25 heavy (non-hydrogen) atoms. The minimum absolute atomic E-state index is 0.263. The van der Waals surface area contributed by atoms with E-state index in [1.54, 1.807) is 0 Å². The van der Waals surface area contributed by atoms with E-state index in [1.165, 1.54) is 16.7 Å². The molecule has 1 heterocycles. The lowest BCUT2D eigenvalue weighted by Gasteiger charge is -2.18. The van der Waals surface area contributed by atoms with Crippen molar-refractivity contribution in [2.75, 3.05) is 13.2 Å². The van der Waals surface area contributed by atoms with Crippen molar-refractivity contribution >= 4 is 0 Å². The number of aryl methyl sites for hydroxylation is 1. The van der Waals surface area contributed by atoms with Crippen molar-refractivity contribution in [3.8, 4) is 5.75 Å². The van der Waals surface area contributed by atoms with E-state index in [0.29, 0.717) is 12.6 Å². The fourth-order valence-electron chi connectivity index (χ4n) is 3.21. The van der Waals surface area contributed by atoms with Crippen LogP contribution in [-0.4, -0.2) is 19.3 Å². The van der Waals surface area contributed by atoms with Gasteiger partial charge in [-0.15, -0.1) is 0 Å². The molecule has 0 aromatic heterocycles. The van der Waals surface area contributed by atoms with E-state index >= 15 is 0 Å². The van der Waals surface area contributed by atoms with Crippen LogP contribution in [0, 0.1) is 6.92 Å². The molecule has 1 fully saturated rings. The van der Waals surface area contributed by atoms with Gasteiger partial charge in [-0.3, -0.25) is 0 Å². The highest BCUT2D eigenvalue weighted by molar-refractivity contribution is 5.29. The van der Waals surface area contributed by atoms with Crippen molar-refractivity contribution < 1.29 is 9.47 Å². The van der Waals surface area contributed by atoms with Crippen molar-refractivity contribution in [2.24, 2.45) is 0 Å². The van der Waals surface area contributed by atoms with Crippen molar-refractivity contribution in [2.45, 2.75) is 51.8 Å². The summed E-state index contributed by atoms with van der Waals surface area (Å²) in [5.74, 6) is 0.924. The number of benzene rings is 2. The van der Waals surface area contributed by atoms with Gasteiger partial charge >= 0.3 is 0 Å². The normalized spacial score (nSPS) is 18.2. The summed E-state index contributed by atoms with van der Waals surface area (Å²) in [6, 6.07) is 17.5. The summed E-state index contributed by atoms with van der Waals surface area (Å²) < 4.78 is 11.5. The Labute approximate surface area is 151 Å². The Hall–Kier alpha value is -1.84. The number of rotatable bonds is 8. The third-order valence-electron chi connectivity index (χ3n) is 4.82. The molecule has 0 radical (unpaired) electrons. The summed E-state index contributed by atoms with van der Waals surface area (Å²) in [5, 5.41) is 3.66. The summed E-state index contributed by atoms with van der Waals surface area (Å²) in [6.07, 6.45) is 3.58. The van der Waals surface area contributed by atoms with E-state index in [-0.39, 0.29) is 6.10 Å². The van der Waals surface area contributed by atoms with Crippen molar-refractivity contribution in [1.29, 1.82) is 0 Å². The van der Waals surface area contributed by atoms with Gasteiger partial charge < -0.3 is 14.8 Å². The summed E-state index contributed by atoms with van der Waals surface area (Å²) in [7, 11) is 0. The molecule has 1 aliphatic heterocycles. The SMILES string of the molecule is CCC(NCc1ccc(C)cc1)c1ccc(OCC2CCCO2)cc1. The van der Waals surface area contributed by atoms with Gasteiger partial charge in [-0.1, -0.05) is 48.9 Å². The van der Waals surface area contributed by atoms with E-state index in [4.69, 9.17) is 9.47 Å². The van der Waals surface area contributed by atoms with Gasteiger partial charge in [0.1, 0.15) is 12.4 Å². The Morgan fingerprint density at radius 3 is 2.52 bits per heavy atom. The second-order valence-corrected chi connectivity index (χ2v) is 6.84. The van der Waals surface area contributed by atoms with Gasteiger partial charge in [0, 0.05) is 19.2 Å². The highest BCUT2D eigenvalue weighted by atomic mass is 16.5. The van der Waals surface area contributed by atoms with Crippen LogP contribution in [0.15, 0.2) is 48.5 Å². The summed E-state index contributed by atoms with van der Waals surface area (Å²) in [5.41, 5.74) is 3.93. The third-order valence-corrected chi connectivity index (χ3v) is 4.82. The van der Waals surface area contributed by atoms with Crippen molar-refractivity contribution in [3.05, 3.63) is 65.2 Å². The van der Waals surface area contributed by atoms with Gasteiger partial charge in [0.15, 0.2) is 0 Å². The van der Waals surface area contributed by atoms with E-state index < -0.39 is 0 Å². The van der Waals surface area contributed by atoms with Gasteiger partial charge in [-0.25, -0.2) is 0 Å². The average Bonchev–Trinajstić information content (AvgIpc) is 3.16. The van der Waals surface area contributed by atoms with Crippen LogP contribution < -0.4 is 10.1 Å². The Morgan fingerprint density at radius 1 is 1.12 bits per heavy atom. The summed E-state index contributed by atoms with van der Waals surface area (Å²) in [6.45, 7) is 6.75. The molecule has 2 unspecified atom stereocenters. The summed E-state index contributed by atoms with van der Waals surface area (Å²) >= 11 is 0. The second-order valence-electron chi connectivity index (χ2n) is 6.84. The topological polar surface area (TPSA) is 30.5 Å². The van der Waals surface area contributed by atoms with Gasteiger partial charge in [0.25, 0.3) is 0 Å². The Kier molecular flexibility index (Phi) is 6.48. The molecule has 3 nitrogen and oxygen atoms in total. The fourth-order valence-corrected chi connectivity index (χ4v) is 3.21. The zero-order chi connectivity index (χ0) is 17.5. The molecule has 3 heteroatoms. The maximum atomic E-state index is 5.85. The number of ether oxygens (including phenoxy) is 2. The van der Waals surface area contributed by atoms with Crippen molar-refractivity contribution in [1.82, 2.24) is 5.32 Å². The molecule has 3 rings (SSSR count). The lowest BCUT2D eigenvalue weighted by atomic mass is 10.0. The van der Waals surface area contributed by atoms with Gasteiger partial charge in [-0.2, -0.15) is 0 Å². The first-order valence-electron chi connectivity index (χ1n) is 9.38. The molecule has 0 aliphatic carbocycles. The first kappa shape index (κ1) is 18.0. The standard InChI is InChI=1S/C22H29NO2/c1-3-22(23-15-18-8-6-17(2)7-9-18)19-10-12-20(13-11-19)25-16-21-5-4-14-24-21/h6-13,21-23H,3-5,14-16H2,1-2H3. The molecule has 1 N–H and O–H groups in total. The molecular weight excluding hydrogens is 310 g/mol. The van der Waals surface area contributed by atoms with Crippen LogP contribution in [0.3, 0.4) is 0 Å². The maximum absolute atomic E-state index is 5.85. The fraction of sp³-hybridized carbons (Fsp3) is 0.455. The molecule has 0 amide bonds. The molecule has 0 saturated carbocycles. The zero-order valence-electron chi connectivity index (χ0n) is 15.3. The zero-order valence-corrected chi connectivity index (χ0v) is 15.3. The monoisotopic (exact) mass is 339 g/mol. The first-order chi connectivity index (χ1) is 12.2. The minimum Gasteiger partial charge on any atom is -0.491 e. The smallest absolute Gasteiger partial charge is 0.119 e. The van der Waals surface area contributed by atoms with Crippen LogP contribution in [0.25, 0.3) is 0 Å². The summed E-state index contributed by atoms with van der Waals surface area (Å²) in [4.78, 5) is 0. The lowest BCUT2D eigenvalue weighted by molar-refractivity contribution is 0.0679. The predicted octanol–water partition coefficient (Wildman–Crippen LogP) is 4.79. The predicted molar refractivity (Wildman–Crippen MR) is 102 cm³/mol. The highest BCUT2D eigenvalue weighted by Crippen LogP contribution is 2.22. The molecule has 2 aromatic rings. The Bertz CT molecular complexity index is 630. The lowest BCUT2D eigenvalue weighted by Crippen LogP contribution is -2.20. The Balaban J connectivity index is 1.52. The van der Waals surface area contributed by atoms with Crippen LogP contribution in [0.4, 0.5) is 0 Å². The average molecular weight is 339 g/mol. The van der Waals surface area contributed by atoms with E-state index in [0.717, 1.165) is 38.2 Å². The van der Waals surface area contributed by atoms with E-state index in [9.17, 15) is 0 Å². The number of hydrogen-bond donors (Lipinski definition) is 1. The number of hydrogen-bond acceptors (Lipinski definition) is 3. The minimum atomic E-state index is 0.263. The van der Waals surface area contributed by atoms with Crippen LogP contribution in [0.1, 0.15) is 48.9 Å². The molecule has 134 valence electrons. The molecular formula is C22H29NO2.